The topological polar surface area (TPSA) is 75.4 Å². The lowest BCUT2D eigenvalue weighted by Gasteiger charge is -2.33. The molecule has 1 amide bonds. The Hall–Kier alpha value is -2.67. The number of rotatable bonds is 3. The van der Waals surface area contributed by atoms with E-state index in [-0.39, 0.29) is 5.91 Å². The van der Waals surface area contributed by atoms with E-state index in [2.05, 4.69) is 32.2 Å². The summed E-state index contributed by atoms with van der Waals surface area (Å²) in [5.41, 5.74) is 2.50. The van der Waals surface area contributed by atoms with Crippen LogP contribution in [0.5, 0.6) is 0 Å². The van der Waals surface area contributed by atoms with Gasteiger partial charge in [-0.15, -0.1) is 0 Å². The smallest absolute Gasteiger partial charge is 0.255 e. The Balaban J connectivity index is 1.83. The van der Waals surface area contributed by atoms with Gasteiger partial charge in [0.2, 0.25) is 5.91 Å². The Kier molecular flexibility index (Phi) is 4.70. The molecule has 1 fully saturated rings. The van der Waals surface area contributed by atoms with Gasteiger partial charge in [-0.2, -0.15) is 19.6 Å². The molecule has 0 aliphatic carbocycles. The number of nitrogens with one attached hydrogen (secondary N) is 1. The second kappa shape index (κ2) is 7.15. The molecule has 0 spiro atoms. The lowest BCUT2D eigenvalue weighted by Crippen LogP contribution is -2.34. The number of hydrogen-bond acceptors (Lipinski definition) is 5. The van der Waals surface area contributed by atoms with Crippen molar-refractivity contribution in [3.8, 4) is 11.1 Å². The van der Waals surface area contributed by atoms with Gasteiger partial charge in [-0.25, -0.2) is 0 Å². The molecule has 3 aromatic rings. The molecule has 2 aromatic heterocycles. The Morgan fingerprint density at radius 2 is 1.93 bits per heavy atom. The van der Waals surface area contributed by atoms with Gasteiger partial charge in [0.15, 0.2) is 0 Å². The third-order valence-corrected chi connectivity index (χ3v) is 5.21. The third kappa shape index (κ3) is 3.47. The number of anilines is 2. The van der Waals surface area contributed by atoms with E-state index in [1.807, 2.05) is 24.3 Å². The molecule has 3 heterocycles. The van der Waals surface area contributed by atoms with Crippen molar-refractivity contribution < 1.29 is 4.79 Å². The predicted molar refractivity (Wildman–Crippen MR) is 106 cm³/mol. The molecule has 7 nitrogen and oxygen atoms in total. The summed E-state index contributed by atoms with van der Waals surface area (Å²) >= 11 is 6.58. The Morgan fingerprint density at radius 3 is 2.59 bits per heavy atom. The van der Waals surface area contributed by atoms with E-state index in [0.29, 0.717) is 16.8 Å². The van der Waals surface area contributed by atoms with Gasteiger partial charge in [0, 0.05) is 25.7 Å². The second-order valence-electron chi connectivity index (χ2n) is 7.00. The summed E-state index contributed by atoms with van der Waals surface area (Å²) in [7, 11) is 0. The minimum Gasteiger partial charge on any atom is -0.356 e. The maximum atomic E-state index is 11.3. The number of aromatic nitrogens is 4. The molecule has 4 rings (SSSR count). The van der Waals surface area contributed by atoms with Crippen molar-refractivity contribution in [3.63, 3.8) is 0 Å². The van der Waals surface area contributed by atoms with Crippen LogP contribution in [-0.2, 0) is 4.79 Å². The highest BCUT2D eigenvalue weighted by atomic mass is 35.5. The molecule has 140 valence electrons. The van der Waals surface area contributed by atoms with E-state index >= 15 is 0 Å². The molecule has 0 radical (unpaired) electrons. The van der Waals surface area contributed by atoms with Crippen molar-refractivity contribution in [2.45, 2.75) is 26.7 Å². The van der Waals surface area contributed by atoms with Crippen LogP contribution in [-0.4, -0.2) is 38.6 Å². The van der Waals surface area contributed by atoms with Crippen LogP contribution in [0.15, 0.2) is 30.6 Å². The highest BCUT2D eigenvalue weighted by Gasteiger charge is 2.25. The van der Waals surface area contributed by atoms with Crippen molar-refractivity contribution in [1.82, 2.24) is 19.6 Å². The number of halogens is 1. The molecule has 1 aliphatic heterocycles. The molecule has 1 aromatic carbocycles. The van der Waals surface area contributed by atoms with Crippen molar-refractivity contribution >= 4 is 34.8 Å². The molecule has 0 unspecified atom stereocenters. The summed E-state index contributed by atoms with van der Waals surface area (Å²) in [6, 6.07) is 7.60. The number of fused-ring (bicyclic) bond motifs is 1. The SMILES string of the molecule is CC(=O)Nc1ccc(-c2c(Cl)nc3ncnn3c2N2CCC(C)CC2)cc1. The van der Waals surface area contributed by atoms with Crippen LogP contribution in [0, 0.1) is 5.92 Å². The van der Waals surface area contributed by atoms with E-state index in [4.69, 9.17) is 11.6 Å². The Labute approximate surface area is 162 Å². The van der Waals surface area contributed by atoms with E-state index in [9.17, 15) is 4.79 Å². The highest BCUT2D eigenvalue weighted by Crippen LogP contribution is 2.38. The molecule has 0 atom stereocenters. The number of nitrogens with zero attached hydrogens (tertiary/aromatic N) is 5. The summed E-state index contributed by atoms with van der Waals surface area (Å²) in [5, 5.41) is 7.56. The fourth-order valence-electron chi connectivity index (χ4n) is 3.49. The molecule has 27 heavy (non-hydrogen) atoms. The van der Waals surface area contributed by atoms with Crippen LogP contribution in [0.2, 0.25) is 5.15 Å². The first-order chi connectivity index (χ1) is 13.0. The van der Waals surface area contributed by atoms with Crippen molar-refractivity contribution in [3.05, 3.63) is 35.7 Å². The van der Waals surface area contributed by atoms with Crippen LogP contribution in [0.25, 0.3) is 16.9 Å². The number of benzene rings is 1. The van der Waals surface area contributed by atoms with Gasteiger partial charge in [-0.3, -0.25) is 4.79 Å². The first-order valence-electron chi connectivity index (χ1n) is 9.05. The number of carbonyl (C=O) groups is 1. The van der Waals surface area contributed by atoms with Crippen molar-refractivity contribution in [2.75, 3.05) is 23.3 Å². The van der Waals surface area contributed by atoms with E-state index < -0.39 is 0 Å². The molecule has 8 heteroatoms. The van der Waals surface area contributed by atoms with Crippen LogP contribution in [0.3, 0.4) is 0 Å². The molecule has 1 aliphatic rings. The first kappa shape index (κ1) is 17.7. The molecular formula is C19H21ClN6O. The maximum Gasteiger partial charge on any atom is 0.255 e. The van der Waals surface area contributed by atoms with Gasteiger partial charge in [0.1, 0.15) is 17.3 Å². The summed E-state index contributed by atoms with van der Waals surface area (Å²) < 4.78 is 1.76. The largest absolute Gasteiger partial charge is 0.356 e. The Bertz CT molecular complexity index is 976. The molecule has 0 saturated carbocycles. The first-order valence-corrected chi connectivity index (χ1v) is 9.43. The molecule has 1 N–H and O–H groups in total. The highest BCUT2D eigenvalue weighted by molar-refractivity contribution is 6.33. The van der Waals surface area contributed by atoms with Gasteiger partial charge in [0.05, 0.1) is 5.56 Å². The number of piperidine rings is 1. The van der Waals surface area contributed by atoms with Crippen LogP contribution in [0.4, 0.5) is 11.5 Å². The number of amides is 1. The molecule has 1 saturated heterocycles. The second-order valence-corrected chi connectivity index (χ2v) is 7.36. The lowest BCUT2D eigenvalue weighted by atomic mass is 9.98. The zero-order valence-corrected chi connectivity index (χ0v) is 16.1. The van der Waals surface area contributed by atoms with Crippen molar-refractivity contribution in [1.29, 1.82) is 0 Å². The minimum absolute atomic E-state index is 0.102. The monoisotopic (exact) mass is 384 g/mol. The van der Waals surface area contributed by atoms with Gasteiger partial charge in [-0.1, -0.05) is 30.7 Å². The standard InChI is InChI=1S/C19H21ClN6O/c1-12-7-9-25(10-8-12)18-16(17(20)24-19-21-11-22-26(18)19)14-3-5-15(6-4-14)23-13(2)27/h3-6,11-12H,7-10H2,1-2H3,(H,23,27). The van der Waals surface area contributed by atoms with Crippen LogP contribution < -0.4 is 10.2 Å². The normalized spacial score (nSPS) is 15.3. The predicted octanol–water partition coefficient (Wildman–Crippen LogP) is 3.64. The van der Waals surface area contributed by atoms with E-state index in [1.54, 1.807) is 4.52 Å². The van der Waals surface area contributed by atoms with Gasteiger partial charge >= 0.3 is 0 Å². The van der Waals surface area contributed by atoms with Crippen LogP contribution in [0.1, 0.15) is 26.7 Å². The van der Waals surface area contributed by atoms with Crippen molar-refractivity contribution in [2.24, 2.45) is 5.92 Å². The van der Waals surface area contributed by atoms with Gasteiger partial charge in [-0.05, 0) is 36.5 Å². The average molecular weight is 385 g/mol. The summed E-state index contributed by atoms with van der Waals surface area (Å²) in [6.45, 7) is 5.65. The van der Waals surface area contributed by atoms with E-state index in [1.165, 1.54) is 13.3 Å². The average Bonchev–Trinajstić information content (AvgIpc) is 3.10. The molecule has 0 bridgehead atoms. The Morgan fingerprint density at radius 1 is 1.22 bits per heavy atom. The zero-order chi connectivity index (χ0) is 19.0. The lowest BCUT2D eigenvalue weighted by molar-refractivity contribution is -0.114. The van der Waals surface area contributed by atoms with Gasteiger partial charge < -0.3 is 10.2 Å². The summed E-state index contributed by atoms with van der Waals surface area (Å²) in [6.07, 6.45) is 3.74. The summed E-state index contributed by atoms with van der Waals surface area (Å²) in [5.74, 6) is 2.02. The molecular weight excluding hydrogens is 364 g/mol. The van der Waals surface area contributed by atoms with Gasteiger partial charge in [0.25, 0.3) is 5.78 Å². The summed E-state index contributed by atoms with van der Waals surface area (Å²) in [4.78, 5) is 22.2. The zero-order valence-electron chi connectivity index (χ0n) is 15.3. The van der Waals surface area contributed by atoms with Crippen LogP contribution >= 0.6 is 11.6 Å². The van der Waals surface area contributed by atoms with E-state index in [0.717, 1.165) is 48.6 Å². The number of carbonyl (C=O) groups excluding carboxylic acids is 1. The maximum absolute atomic E-state index is 11.3. The third-order valence-electron chi connectivity index (χ3n) is 4.94. The number of hydrogen-bond donors (Lipinski definition) is 1. The quantitative estimate of drug-likeness (QED) is 0.698. The minimum atomic E-state index is -0.102. The fraction of sp³-hybridized carbons (Fsp3) is 0.368. The fourth-order valence-corrected chi connectivity index (χ4v) is 3.76.